The molecule has 6 heteroatoms. The van der Waals surface area contributed by atoms with Gasteiger partial charge in [0.1, 0.15) is 0 Å². The fraction of sp³-hybridized carbons (Fsp3) is 0.467. The molecular weight excluding hydrogens is 272 g/mol. The van der Waals surface area contributed by atoms with Gasteiger partial charge in [0.25, 0.3) is 0 Å². The molecule has 0 spiro atoms. The van der Waals surface area contributed by atoms with Crippen molar-refractivity contribution in [2.45, 2.75) is 20.4 Å². The van der Waals surface area contributed by atoms with Crippen molar-refractivity contribution in [1.82, 2.24) is 10.6 Å². The smallest absolute Gasteiger partial charge is 0.309 e. The number of hydrogen-bond acceptors (Lipinski definition) is 4. The number of carbonyl (C=O) groups excluding carboxylic acids is 2. The van der Waals surface area contributed by atoms with Crippen LogP contribution in [0.3, 0.4) is 0 Å². The standard InChI is InChI=1S/C15H22N2O4/c1-10(2)8-16-14(18)15(19)17-9-11-5-6-12(20-3)13(7-11)21-4/h5-7,10H,8-9H2,1-4H3,(H,16,18)(H,17,19). The van der Waals surface area contributed by atoms with Crippen LogP contribution in [0.5, 0.6) is 11.5 Å². The van der Waals surface area contributed by atoms with Crippen LogP contribution in [0.1, 0.15) is 19.4 Å². The molecule has 116 valence electrons. The molecule has 21 heavy (non-hydrogen) atoms. The highest BCUT2D eigenvalue weighted by Gasteiger charge is 2.13. The van der Waals surface area contributed by atoms with Crippen molar-refractivity contribution in [3.63, 3.8) is 0 Å². The third kappa shape index (κ3) is 5.33. The molecule has 0 unspecified atom stereocenters. The summed E-state index contributed by atoms with van der Waals surface area (Å²) in [5, 5.41) is 5.13. The molecule has 6 nitrogen and oxygen atoms in total. The molecule has 0 aliphatic rings. The van der Waals surface area contributed by atoms with E-state index in [4.69, 9.17) is 9.47 Å². The van der Waals surface area contributed by atoms with E-state index in [0.717, 1.165) is 5.56 Å². The van der Waals surface area contributed by atoms with Crippen molar-refractivity contribution < 1.29 is 19.1 Å². The quantitative estimate of drug-likeness (QED) is 0.770. The van der Waals surface area contributed by atoms with E-state index < -0.39 is 11.8 Å². The average Bonchev–Trinajstić information content (AvgIpc) is 2.49. The molecule has 0 fully saturated rings. The van der Waals surface area contributed by atoms with Gasteiger partial charge < -0.3 is 20.1 Å². The second kappa shape index (κ2) is 8.14. The molecule has 1 rings (SSSR count). The van der Waals surface area contributed by atoms with Crippen LogP contribution in [0.25, 0.3) is 0 Å². The van der Waals surface area contributed by atoms with E-state index in [0.29, 0.717) is 24.0 Å². The maximum Gasteiger partial charge on any atom is 0.309 e. The van der Waals surface area contributed by atoms with Crippen LogP contribution in [-0.2, 0) is 16.1 Å². The zero-order chi connectivity index (χ0) is 15.8. The number of hydrogen-bond donors (Lipinski definition) is 2. The van der Waals surface area contributed by atoms with Gasteiger partial charge in [0.05, 0.1) is 14.2 Å². The minimum Gasteiger partial charge on any atom is -0.493 e. The summed E-state index contributed by atoms with van der Waals surface area (Å²) < 4.78 is 10.3. The largest absolute Gasteiger partial charge is 0.493 e. The third-order valence-corrected chi connectivity index (χ3v) is 2.78. The number of benzene rings is 1. The fourth-order valence-electron chi connectivity index (χ4n) is 1.63. The normalized spacial score (nSPS) is 10.1. The Balaban J connectivity index is 2.55. The minimum atomic E-state index is -0.648. The van der Waals surface area contributed by atoms with Crippen LogP contribution in [0.2, 0.25) is 0 Å². The van der Waals surface area contributed by atoms with Gasteiger partial charge in [-0.15, -0.1) is 0 Å². The number of carbonyl (C=O) groups is 2. The SMILES string of the molecule is COc1ccc(CNC(=O)C(=O)NCC(C)C)cc1OC. The van der Waals surface area contributed by atoms with Crippen LogP contribution >= 0.6 is 0 Å². The second-order valence-corrected chi connectivity index (χ2v) is 4.98. The van der Waals surface area contributed by atoms with Crippen LogP contribution in [-0.4, -0.2) is 32.6 Å². The van der Waals surface area contributed by atoms with Gasteiger partial charge in [-0.3, -0.25) is 9.59 Å². The zero-order valence-electron chi connectivity index (χ0n) is 12.9. The van der Waals surface area contributed by atoms with E-state index in [1.54, 1.807) is 32.4 Å². The summed E-state index contributed by atoms with van der Waals surface area (Å²) in [6, 6.07) is 5.30. The van der Waals surface area contributed by atoms with Crippen LogP contribution in [0.4, 0.5) is 0 Å². The van der Waals surface area contributed by atoms with Gasteiger partial charge >= 0.3 is 11.8 Å². The minimum absolute atomic E-state index is 0.244. The van der Waals surface area contributed by atoms with Crippen molar-refractivity contribution in [3.8, 4) is 11.5 Å². The first-order valence-electron chi connectivity index (χ1n) is 6.74. The lowest BCUT2D eigenvalue weighted by molar-refractivity contribution is -0.139. The van der Waals surface area contributed by atoms with Gasteiger partial charge in [-0.2, -0.15) is 0 Å². The van der Waals surface area contributed by atoms with Crippen molar-refractivity contribution >= 4 is 11.8 Å². The van der Waals surface area contributed by atoms with Crippen molar-refractivity contribution in [2.24, 2.45) is 5.92 Å². The Kier molecular flexibility index (Phi) is 6.52. The summed E-state index contributed by atoms with van der Waals surface area (Å²) in [7, 11) is 3.10. The first kappa shape index (κ1) is 16.8. The van der Waals surface area contributed by atoms with E-state index in [1.807, 2.05) is 13.8 Å². The predicted octanol–water partition coefficient (Wildman–Crippen LogP) is 1.09. The summed E-state index contributed by atoms with van der Waals surface area (Å²) in [5.41, 5.74) is 0.817. The highest BCUT2D eigenvalue weighted by Crippen LogP contribution is 2.27. The molecule has 1 aromatic rings. The van der Waals surface area contributed by atoms with E-state index in [1.165, 1.54) is 0 Å². The Labute approximate surface area is 124 Å². The molecule has 2 amide bonds. The fourth-order valence-corrected chi connectivity index (χ4v) is 1.63. The molecular formula is C15H22N2O4. The van der Waals surface area contributed by atoms with Gasteiger partial charge in [-0.25, -0.2) is 0 Å². The first-order chi connectivity index (χ1) is 9.97. The molecule has 0 atom stereocenters. The topological polar surface area (TPSA) is 76.7 Å². The number of rotatable bonds is 6. The highest BCUT2D eigenvalue weighted by atomic mass is 16.5. The Morgan fingerprint density at radius 3 is 2.24 bits per heavy atom. The molecule has 0 aliphatic carbocycles. The molecule has 0 saturated heterocycles. The van der Waals surface area contributed by atoms with Gasteiger partial charge in [0.2, 0.25) is 0 Å². The Morgan fingerprint density at radius 2 is 1.67 bits per heavy atom. The zero-order valence-corrected chi connectivity index (χ0v) is 12.9. The highest BCUT2D eigenvalue weighted by molar-refractivity contribution is 6.35. The van der Waals surface area contributed by atoms with E-state index in [-0.39, 0.29) is 6.54 Å². The lowest BCUT2D eigenvalue weighted by Gasteiger charge is -2.11. The summed E-state index contributed by atoms with van der Waals surface area (Å²) in [6.07, 6.45) is 0. The van der Waals surface area contributed by atoms with Crippen molar-refractivity contribution in [3.05, 3.63) is 23.8 Å². The summed E-state index contributed by atoms with van der Waals surface area (Å²) in [6.45, 7) is 4.64. The summed E-state index contributed by atoms with van der Waals surface area (Å²) >= 11 is 0. The number of ether oxygens (including phenoxy) is 2. The molecule has 0 radical (unpaired) electrons. The number of amides is 2. The van der Waals surface area contributed by atoms with Gasteiger partial charge in [-0.1, -0.05) is 19.9 Å². The van der Waals surface area contributed by atoms with Crippen LogP contribution in [0.15, 0.2) is 18.2 Å². The molecule has 1 aromatic carbocycles. The molecule has 0 heterocycles. The Hall–Kier alpha value is -2.24. The van der Waals surface area contributed by atoms with Crippen molar-refractivity contribution in [1.29, 1.82) is 0 Å². The van der Waals surface area contributed by atoms with Crippen molar-refractivity contribution in [2.75, 3.05) is 20.8 Å². The maximum absolute atomic E-state index is 11.6. The van der Waals surface area contributed by atoms with Crippen LogP contribution < -0.4 is 20.1 Å². The lowest BCUT2D eigenvalue weighted by Crippen LogP contribution is -2.40. The Bertz CT molecular complexity index is 500. The van der Waals surface area contributed by atoms with Gasteiger partial charge in [0, 0.05) is 13.1 Å². The molecule has 0 bridgehead atoms. The molecule has 2 N–H and O–H groups in total. The lowest BCUT2D eigenvalue weighted by atomic mass is 10.2. The van der Waals surface area contributed by atoms with Gasteiger partial charge in [0.15, 0.2) is 11.5 Å². The first-order valence-corrected chi connectivity index (χ1v) is 6.74. The monoisotopic (exact) mass is 294 g/mol. The number of nitrogens with one attached hydrogen (secondary N) is 2. The predicted molar refractivity (Wildman–Crippen MR) is 79.2 cm³/mol. The molecule has 0 saturated carbocycles. The van der Waals surface area contributed by atoms with E-state index in [9.17, 15) is 9.59 Å². The van der Waals surface area contributed by atoms with Gasteiger partial charge in [-0.05, 0) is 23.6 Å². The summed E-state index contributed by atoms with van der Waals surface area (Å²) in [4.78, 5) is 23.2. The molecule has 0 aliphatic heterocycles. The average molecular weight is 294 g/mol. The van der Waals surface area contributed by atoms with E-state index in [2.05, 4.69) is 10.6 Å². The maximum atomic E-state index is 11.6. The number of methoxy groups -OCH3 is 2. The Morgan fingerprint density at radius 1 is 1.05 bits per heavy atom. The van der Waals surface area contributed by atoms with E-state index >= 15 is 0 Å². The third-order valence-electron chi connectivity index (χ3n) is 2.78. The summed E-state index contributed by atoms with van der Waals surface area (Å²) in [5.74, 6) is 0.220. The van der Waals surface area contributed by atoms with Crippen LogP contribution in [0, 0.1) is 5.92 Å². The molecule has 0 aromatic heterocycles. The second-order valence-electron chi connectivity index (χ2n) is 4.98.